The first-order valence-corrected chi connectivity index (χ1v) is 5.52. The molecule has 0 bridgehead atoms. The molecule has 1 aliphatic rings. The van der Waals surface area contributed by atoms with E-state index in [2.05, 4.69) is 24.3 Å². The molecule has 0 radical (unpaired) electrons. The summed E-state index contributed by atoms with van der Waals surface area (Å²) < 4.78 is 1.62. The van der Waals surface area contributed by atoms with Crippen LogP contribution < -0.4 is 5.32 Å². The van der Waals surface area contributed by atoms with Crippen molar-refractivity contribution in [2.45, 2.75) is 19.4 Å². The normalized spacial score (nSPS) is 19.8. The van der Waals surface area contributed by atoms with Crippen molar-refractivity contribution in [2.24, 2.45) is 7.05 Å². The number of piperazine rings is 1. The number of rotatable bonds is 1. The molecule has 16 heavy (non-hydrogen) atoms. The summed E-state index contributed by atoms with van der Waals surface area (Å²) in [6, 6.07) is 1.76. The fourth-order valence-electron chi connectivity index (χ4n) is 2.06. The van der Waals surface area contributed by atoms with Gasteiger partial charge in [-0.15, -0.1) is 0 Å². The van der Waals surface area contributed by atoms with Gasteiger partial charge in [0.2, 0.25) is 0 Å². The topological polar surface area (TPSA) is 50.2 Å². The van der Waals surface area contributed by atoms with Gasteiger partial charge in [0.1, 0.15) is 5.69 Å². The standard InChI is InChI=1S/C11H18N4O/c1-11(2)8-15(7-6-12-11)10(16)9-4-5-13-14(9)3/h4-5,12H,6-8H2,1-3H3. The highest BCUT2D eigenvalue weighted by atomic mass is 16.2. The highest BCUT2D eigenvalue weighted by molar-refractivity contribution is 5.92. The van der Waals surface area contributed by atoms with Crippen LogP contribution in [0.2, 0.25) is 0 Å². The molecule has 0 spiro atoms. The fraction of sp³-hybridized carbons (Fsp3) is 0.636. The van der Waals surface area contributed by atoms with E-state index in [1.165, 1.54) is 0 Å². The Morgan fingerprint density at radius 3 is 2.88 bits per heavy atom. The van der Waals surface area contributed by atoms with Gasteiger partial charge >= 0.3 is 0 Å². The van der Waals surface area contributed by atoms with Crippen LogP contribution in [-0.4, -0.2) is 45.8 Å². The lowest BCUT2D eigenvalue weighted by molar-refractivity contribution is 0.0641. The van der Waals surface area contributed by atoms with Gasteiger partial charge in [-0.05, 0) is 19.9 Å². The molecule has 1 saturated heterocycles. The summed E-state index contributed by atoms with van der Waals surface area (Å²) in [4.78, 5) is 14.1. The maximum Gasteiger partial charge on any atom is 0.272 e. The van der Waals surface area contributed by atoms with Crippen LogP contribution in [0.5, 0.6) is 0 Å². The van der Waals surface area contributed by atoms with Gasteiger partial charge in [-0.3, -0.25) is 9.48 Å². The second-order valence-electron chi connectivity index (χ2n) is 4.88. The highest BCUT2D eigenvalue weighted by Crippen LogP contribution is 2.13. The van der Waals surface area contributed by atoms with E-state index < -0.39 is 0 Å². The molecular formula is C11H18N4O. The third-order valence-electron chi connectivity index (χ3n) is 2.90. The second-order valence-corrected chi connectivity index (χ2v) is 4.88. The number of nitrogens with zero attached hydrogens (tertiary/aromatic N) is 3. The predicted molar refractivity (Wildman–Crippen MR) is 61.2 cm³/mol. The van der Waals surface area contributed by atoms with Gasteiger partial charge in [0, 0.05) is 38.4 Å². The van der Waals surface area contributed by atoms with Crippen molar-refractivity contribution < 1.29 is 4.79 Å². The number of carbonyl (C=O) groups is 1. The van der Waals surface area contributed by atoms with Gasteiger partial charge in [-0.1, -0.05) is 0 Å². The summed E-state index contributed by atoms with van der Waals surface area (Å²) in [5.74, 6) is 0.0644. The Morgan fingerprint density at radius 2 is 2.31 bits per heavy atom. The molecule has 1 N–H and O–H groups in total. The Bertz CT molecular complexity index is 396. The third kappa shape index (κ3) is 2.09. The van der Waals surface area contributed by atoms with Gasteiger partial charge in [0.25, 0.3) is 5.91 Å². The maximum absolute atomic E-state index is 12.2. The molecular weight excluding hydrogens is 204 g/mol. The monoisotopic (exact) mass is 222 g/mol. The average molecular weight is 222 g/mol. The molecule has 0 unspecified atom stereocenters. The Balaban J connectivity index is 2.14. The average Bonchev–Trinajstić information content (AvgIpc) is 2.62. The summed E-state index contributed by atoms with van der Waals surface area (Å²) in [6.45, 7) is 6.55. The Kier molecular flexibility index (Phi) is 2.71. The van der Waals surface area contributed by atoms with Crippen molar-refractivity contribution in [1.82, 2.24) is 20.0 Å². The number of aromatic nitrogens is 2. The molecule has 0 saturated carbocycles. The van der Waals surface area contributed by atoms with Crippen LogP contribution in [0.15, 0.2) is 12.3 Å². The first kappa shape index (κ1) is 11.1. The van der Waals surface area contributed by atoms with Gasteiger partial charge < -0.3 is 10.2 Å². The van der Waals surface area contributed by atoms with Crippen LogP contribution in [0, 0.1) is 0 Å². The van der Waals surface area contributed by atoms with E-state index in [0.29, 0.717) is 5.69 Å². The van der Waals surface area contributed by atoms with Gasteiger partial charge in [0.05, 0.1) is 0 Å². The van der Waals surface area contributed by atoms with Crippen molar-refractivity contribution >= 4 is 5.91 Å². The highest BCUT2D eigenvalue weighted by Gasteiger charge is 2.29. The largest absolute Gasteiger partial charge is 0.334 e. The van der Waals surface area contributed by atoms with E-state index >= 15 is 0 Å². The second kappa shape index (κ2) is 3.90. The van der Waals surface area contributed by atoms with Crippen LogP contribution in [0.3, 0.4) is 0 Å². The third-order valence-corrected chi connectivity index (χ3v) is 2.90. The van der Waals surface area contributed by atoms with E-state index in [9.17, 15) is 4.79 Å². The predicted octanol–water partition coefficient (Wildman–Crippen LogP) is 0.244. The Hall–Kier alpha value is -1.36. The number of aryl methyl sites for hydroxylation is 1. The summed E-state index contributed by atoms with van der Waals surface area (Å²) >= 11 is 0. The van der Waals surface area contributed by atoms with E-state index in [1.807, 2.05) is 4.90 Å². The van der Waals surface area contributed by atoms with E-state index in [-0.39, 0.29) is 11.4 Å². The number of carbonyl (C=O) groups excluding carboxylic acids is 1. The molecule has 1 aliphatic heterocycles. The summed E-state index contributed by atoms with van der Waals surface area (Å²) in [6.07, 6.45) is 1.65. The van der Waals surface area contributed by atoms with Crippen LogP contribution in [-0.2, 0) is 7.05 Å². The minimum absolute atomic E-state index is 0.00744. The quantitative estimate of drug-likeness (QED) is 0.740. The molecule has 2 heterocycles. The zero-order valence-electron chi connectivity index (χ0n) is 10.0. The number of amides is 1. The van der Waals surface area contributed by atoms with Crippen molar-refractivity contribution in [3.8, 4) is 0 Å². The fourth-order valence-corrected chi connectivity index (χ4v) is 2.06. The minimum Gasteiger partial charge on any atom is -0.334 e. The van der Waals surface area contributed by atoms with Crippen LogP contribution in [0.4, 0.5) is 0 Å². The van der Waals surface area contributed by atoms with Crippen molar-refractivity contribution in [3.63, 3.8) is 0 Å². The molecule has 1 aromatic rings. The van der Waals surface area contributed by atoms with Crippen molar-refractivity contribution in [2.75, 3.05) is 19.6 Å². The van der Waals surface area contributed by atoms with Gasteiger partial charge in [0.15, 0.2) is 0 Å². The number of hydrogen-bond acceptors (Lipinski definition) is 3. The first-order chi connectivity index (χ1) is 7.49. The van der Waals surface area contributed by atoms with Crippen molar-refractivity contribution in [3.05, 3.63) is 18.0 Å². The molecule has 88 valence electrons. The van der Waals surface area contributed by atoms with Gasteiger partial charge in [-0.2, -0.15) is 5.10 Å². The molecule has 0 atom stereocenters. The van der Waals surface area contributed by atoms with Gasteiger partial charge in [-0.25, -0.2) is 0 Å². The molecule has 1 aromatic heterocycles. The molecule has 2 rings (SSSR count). The van der Waals surface area contributed by atoms with Crippen LogP contribution in [0.25, 0.3) is 0 Å². The lowest BCUT2D eigenvalue weighted by Gasteiger charge is -2.39. The molecule has 5 heteroatoms. The van der Waals surface area contributed by atoms with E-state index in [0.717, 1.165) is 19.6 Å². The zero-order chi connectivity index (χ0) is 11.8. The Morgan fingerprint density at radius 1 is 1.56 bits per heavy atom. The molecule has 1 fully saturated rings. The van der Waals surface area contributed by atoms with Crippen LogP contribution >= 0.6 is 0 Å². The van der Waals surface area contributed by atoms with E-state index in [4.69, 9.17) is 0 Å². The number of nitrogens with one attached hydrogen (secondary N) is 1. The van der Waals surface area contributed by atoms with E-state index in [1.54, 1.807) is 24.0 Å². The number of hydrogen-bond donors (Lipinski definition) is 1. The Labute approximate surface area is 95.4 Å². The SMILES string of the molecule is Cn1nccc1C(=O)N1CCNC(C)(C)C1. The maximum atomic E-state index is 12.2. The summed E-state index contributed by atoms with van der Waals surface area (Å²) in [5, 5.41) is 7.41. The summed E-state index contributed by atoms with van der Waals surface area (Å²) in [5.41, 5.74) is 0.643. The molecule has 1 amide bonds. The smallest absolute Gasteiger partial charge is 0.272 e. The van der Waals surface area contributed by atoms with Crippen LogP contribution in [0.1, 0.15) is 24.3 Å². The first-order valence-electron chi connectivity index (χ1n) is 5.52. The zero-order valence-corrected chi connectivity index (χ0v) is 10.0. The minimum atomic E-state index is -0.00744. The van der Waals surface area contributed by atoms with Crippen molar-refractivity contribution in [1.29, 1.82) is 0 Å². The molecule has 5 nitrogen and oxygen atoms in total. The molecule has 0 aromatic carbocycles. The lowest BCUT2D eigenvalue weighted by atomic mass is 10.0. The lowest BCUT2D eigenvalue weighted by Crippen LogP contribution is -2.58. The summed E-state index contributed by atoms with van der Waals surface area (Å²) in [7, 11) is 1.79. The molecule has 0 aliphatic carbocycles.